The molecule has 0 bridgehead atoms. The van der Waals surface area contributed by atoms with Crippen LogP contribution in [0.1, 0.15) is 38.7 Å². The van der Waals surface area contributed by atoms with Gasteiger partial charge in [0.2, 0.25) is 11.8 Å². The molecule has 140 valence electrons. The summed E-state index contributed by atoms with van der Waals surface area (Å²) in [4.78, 5) is 25.0. The van der Waals surface area contributed by atoms with Crippen LogP contribution in [0.4, 0.5) is 0 Å². The van der Waals surface area contributed by atoms with E-state index in [2.05, 4.69) is 24.5 Å². The van der Waals surface area contributed by atoms with E-state index in [1.54, 1.807) is 0 Å². The first kappa shape index (κ1) is 21.5. The van der Waals surface area contributed by atoms with Crippen LogP contribution in [-0.2, 0) is 16.0 Å². The number of hydrogen-bond acceptors (Lipinski definition) is 2. The molecular weight excluding hydrogens is 338 g/mol. The van der Waals surface area contributed by atoms with Crippen LogP contribution < -0.4 is 15.5 Å². The van der Waals surface area contributed by atoms with Crippen molar-refractivity contribution in [3.63, 3.8) is 0 Å². The zero-order valence-electron chi connectivity index (χ0n) is 15.4. The van der Waals surface area contributed by atoms with Crippen molar-refractivity contribution in [3.05, 3.63) is 34.9 Å². The van der Waals surface area contributed by atoms with Gasteiger partial charge in [0.15, 0.2) is 0 Å². The van der Waals surface area contributed by atoms with Crippen molar-refractivity contribution in [2.45, 2.75) is 39.5 Å². The topological polar surface area (TPSA) is 62.6 Å². The van der Waals surface area contributed by atoms with E-state index in [0.717, 1.165) is 31.6 Å². The second kappa shape index (κ2) is 12.7. The van der Waals surface area contributed by atoms with Crippen LogP contribution in [0.2, 0.25) is 5.02 Å². The molecule has 2 amide bonds. The lowest BCUT2D eigenvalue weighted by Crippen LogP contribution is -3.12. The highest BCUT2D eigenvalue weighted by atomic mass is 35.5. The second-order valence-corrected chi connectivity index (χ2v) is 6.57. The molecule has 0 unspecified atom stereocenters. The molecule has 0 radical (unpaired) electrons. The first-order valence-corrected chi connectivity index (χ1v) is 9.54. The van der Waals surface area contributed by atoms with E-state index in [9.17, 15) is 9.59 Å². The summed E-state index contributed by atoms with van der Waals surface area (Å²) >= 11 is 5.84. The first-order chi connectivity index (χ1) is 12.0. The molecular formula is C19H31ClN3O2+. The normalized spacial score (nSPS) is 10.7. The van der Waals surface area contributed by atoms with E-state index in [1.165, 1.54) is 4.90 Å². The molecule has 0 aliphatic carbocycles. The number of nitrogens with one attached hydrogen (secondary N) is 3. The predicted octanol–water partition coefficient (Wildman–Crippen LogP) is 1.21. The van der Waals surface area contributed by atoms with E-state index in [-0.39, 0.29) is 11.8 Å². The molecule has 0 spiro atoms. The Morgan fingerprint density at radius 1 is 0.960 bits per heavy atom. The highest BCUT2D eigenvalue weighted by molar-refractivity contribution is 6.30. The monoisotopic (exact) mass is 368 g/mol. The molecule has 3 N–H and O–H groups in total. The lowest BCUT2D eigenvalue weighted by Gasteiger charge is -2.15. The third kappa shape index (κ3) is 10.1. The summed E-state index contributed by atoms with van der Waals surface area (Å²) in [5, 5.41) is 6.52. The van der Waals surface area contributed by atoms with Crippen molar-refractivity contribution >= 4 is 23.4 Å². The molecule has 0 saturated carbocycles. The van der Waals surface area contributed by atoms with Crippen molar-refractivity contribution < 1.29 is 14.5 Å². The van der Waals surface area contributed by atoms with E-state index in [0.29, 0.717) is 37.4 Å². The van der Waals surface area contributed by atoms with Gasteiger partial charge in [-0.25, -0.2) is 0 Å². The summed E-state index contributed by atoms with van der Waals surface area (Å²) in [6.07, 6.45) is 2.14. The van der Waals surface area contributed by atoms with Gasteiger partial charge in [0.05, 0.1) is 26.2 Å². The van der Waals surface area contributed by atoms with Crippen molar-refractivity contribution in [3.8, 4) is 0 Å². The zero-order valence-corrected chi connectivity index (χ0v) is 16.1. The van der Waals surface area contributed by atoms with Gasteiger partial charge in [0, 0.05) is 24.4 Å². The van der Waals surface area contributed by atoms with Crippen LogP contribution >= 0.6 is 11.6 Å². The quantitative estimate of drug-likeness (QED) is 0.519. The minimum absolute atomic E-state index is 0.00523. The summed E-state index contributed by atoms with van der Waals surface area (Å²) < 4.78 is 0. The maximum absolute atomic E-state index is 11.8. The third-order valence-corrected chi connectivity index (χ3v) is 4.51. The molecule has 0 aliphatic rings. The van der Waals surface area contributed by atoms with Gasteiger partial charge in [-0.1, -0.05) is 23.7 Å². The van der Waals surface area contributed by atoms with Gasteiger partial charge in [0.1, 0.15) is 0 Å². The maximum atomic E-state index is 11.8. The molecule has 0 fully saturated rings. The van der Waals surface area contributed by atoms with Crippen LogP contribution in [0.5, 0.6) is 0 Å². The Balaban J connectivity index is 2.05. The fourth-order valence-corrected chi connectivity index (χ4v) is 2.69. The summed E-state index contributed by atoms with van der Waals surface area (Å²) in [6, 6.07) is 7.61. The lowest BCUT2D eigenvalue weighted by atomic mass is 10.1. The van der Waals surface area contributed by atoms with E-state index >= 15 is 0 Å². The second-order valence-electron chi connectivity index (χ2n) is 6.14. The average molecular weight is 369 g/mol. The van der Waals surface area contributed by atoms with Crippen molar-refractivity contribution in [2.24, 2.45) is 0 Å². The number of hydrogen-bond donors (Lipinski definition) is 3. The van der Waals surface area contributed by atoms with Gasteiger partial charge in [-0.05, 0) is 44.4 Å². The number of benzene rings is 1. The maximum Gasteiger partial charge on any atom is 0.220 e. The van der Waals surface area contributed by atoms with Gasteiger partial charge in [0.25, 0.3) is 0 Å². The number of carbonyl (C=O) groups is 2. The molecule has 0 aromatic heterocycles. The smallest absolute Gasteiger partial charge is 0.220 e. The van der Waals surface area contributed by atoms with Crippen molar-refractivity contribution in [2.75, 3.05) is 32.7 Å². The summed E-state index contributed by atoms with van der Waals surface area (Å²) in [6.45, 7) is 8.68. The Labute approximate surface area is 156 Å². The minimum atomic E-state index is -0.00523. The molecule has 0 saturated heterocycles. The summed E-state index contributed by atoms with van der Waals surface area (Å²) in [5.41, 5.74) is 1.14. The summed E-state index contributed by atoms with van der Waals surface area (Å²) in [7, 11) is 0. The Hall–Kier alpha value is -1.59. The molecule has 6 heteroatoms. The molecule has 1 aromatic carbocycles. The largest absolute Gasteiger partial charge is 0.356 e. The van der Waals surface area contributed by atoms with Crippen molar-refractivity contribution in [1.82, 2.24) is 10.6 Å². The number of likely N-dealkylation sites (N-methyl/N-ethyl adjacent to an activating group) is 1. The standard InChI is InChI=1S/C19H30ClN3O2/c1-3-23(4-2)15-14-22-19(25)7-5-6-18(24)21-13-12-16-8-10-17(20)11-9-16/h8-11H,3-7,12-15H2,1-2H3,(H,21,24)(H,22,25)/p+1. The minimum Gasteiger partial charge on any atom is -0.356 e. The Kier molecular flexibility index (Phi) is 10.9. The number of halogens is 1. The molecule has 25 heavy (non-hydrogen) atoms. The predicted molar refractivity (Wildman–Crippen MR) is 102 cm³/mol. The number of rotatable bonds is 12. The van der Waals surface area contributed by atoms with Crippen LogP contribution in [-0.4, -0.2) is 44.5 Å². The van der Waals surface area contributed by atoms with Gasteiger partial charge in [-0.15, -0.1) is 0 Å². The first-order valence-electron chi connectivity index (χ1n) is 9.16. The Morgan fingerprint density at radius 2 is 1.52 bits per heavy atom. The number of amides is 2. The molecule has 0 aliphatic heterocycles. The molecule has 1 aromatic rings. The molecule has 5 nitrogen and oxygen atoms in total. The SMILES string of the molecule is CC[NH+](CC)CCNC(=O)CCCC(=O)NCCc1ccc(Cl)cc1. The molecule has 0 heterocycles. The Bertz CT molecular complexity index is 516. The average Bonchev–Trinajstić information content (AvgIpc) is 2.60. The van der Waals surface area contributed by atoms with E-state index in [4.69, 9.17) is 11.6 Å². The van der Waals surface area contributed by atoms with Crippen LogP contribution in [0.3, 0.4) is 0 Å². The fourth-order valence-electron chi connectivity index (χ4n) is 2.57. The van der Waals surface area contributed by atoms with E-state index in [1.807, 2.05) is 24.3 Å². The van der Waals surface area contributed by atoms with Gasteiger partial charge >= 0.3 is 0 Å². The fraction of sp³-hybridized carbons (Fsp3) is 0.579. The van der Waals surface area contributed by atoms with Gasteiger partial charge in [-0.3, -0.25) is 9.59 Å². The number of quaternary nitrogens is 1. The van der Waals surface area contributed by atoms with Crippen LogP contribution in [0, 0.1) is 0 Å². The van der Waals surface area contributed by atoms with Gasteiger partial charge in [-0.2, -0.15) is 0 Å². The number of carbonyl (C=O) groups excluding carboxylic acids is 2. The van der Waals surface area contributed by atoms with Gasteiger partial charge < -0.3 is 15.5 Å². The highest BCUT2D eigenvalue weighted by Crippen LogP contribution is 2.09. The third-order valence-electron chi connectivity index (χ3n) is 4.26. The molecule has 1 rings (SSSR count). The molecule has 0 atom stereocenters. The zero-order chi connectivity index (χ0) is 18.5. The van der Waals surface area contributed by atoms with Crippen LogP contribution in [0.25, 0.3) is 0 Å². The van der Waals surface area contributed by atoms with E-state index < -0.39 is 0 Å². The highest BCUT2D eigenvalue weighted by Gasteiger charge is 2.07. The van der Waals surface area contributed by atoms with Crippen LogP contribution in [0.15, 0.2) is 24.3 Å². The Morgan fingerprint density at radius 3 is 2.08 bits per heavy atom. The summed E-state index contributed by atoms with van der Waals surface area (Å²) in [5.74, 6) is 0.0230. The van der Waals surface area contributed by atoms with Crippen molar-refractivity contribution in [1.29, 1.82) is 0 Å². The lowest BCUT2D eigenvalue weighted by molar-refractivity contribution is -0.895.